The summed E-state index contributed by atoms with van der Waals surface area (Å²) >= 11 is 0. The van der Waals surface area contributed by atoms with Gasteiger partial charge < -0.3 is 24.9 Å². The van der Waals surface area contributed by atoms with Crippen LogP contribution < -0.4 is 21.5 Å². The number of anilines is 2. The molecule has 8 nitrogen and oxygen atoms in total. The van der Waals surface area contributed by atoms with Crippen LogP contribution >= 0.6 is 0 Å². The summed E-state index contributed by atoms with van der Waals surface area (Å²) < 4.78 is 6.52. The van der Waals surface area contributed by atoms with Crippen LogP contribution in [0, 0.1) is 0 Å². The number of aromatic nitrogens is 1. The van der Waals surface area contributed by atoms with Gasteiger partial charge in [0.25, 0.3) is 11.5 Å². The second-order valence-corrected chi connectivity index (χ2v) is 5.78. The Balaban J connectivity index is 1.54. The van der Waals surface area contributed by atoms with Crippen LogP contribution in [-0.4, -0.2) is 16.5 Å². The van der Waals surface area contributed by atoms with E-state index in [1.807, 2.05) is 0 Å². The lowest BCUT2D eigenvalue weighted by molar-refractivity contribution is 0.102. The molecule has 0 radical (unpaired) electrons. The summed E-state index contributed by atoms with van der Waals surface area (Å²) in [6.45, 7) is 0.281. The molecule has 3 amide bonds. The summed E-state index contributed by atoms with van der Waals surface area (Å²) in [5.41, 5.74) is 1.13. The van der Waals surface area contributed by atoms with Crippen molar-refractivity contribution in [1.82, 2.24) is 9.88 Å². The van der Waals surface area contributed by atoms with E-state index in [9.17, 15) is 14.4 Å². The highest BCUT2D eigenvalue weighted by molar-refractivity contribution is 6.04. The number of furan rings is 1. The number of hydrogen-bond acceptors (Lipinski definition) is 4. The van der Waals surface area contributed by atoms with Crippen molar-refractivity contribution in [2.45, 2.75) is 6.54 Å². The fraction of sp³-hybridized carbons (Fsp3) is 0.105. The monoisotopic (exact) mass is 366 g/mol. The Morgan fingerprint density at radius 3 is 2.37 bits per heavy atom. The van der Waals surface area contributed by atoms with E-state index in [0.29, 0.717) is 17.1 Å². The van der Waals surface area contributed by atoms with Crippen LogP contribution in [0.4, 0.5) is 16.2 Å². The molecule has 0 bridgehead atoms. The van der Waals surface area contributed by atoms with Crippen LogP contribution in [0.1, 0.15) is 16.1 Å². The molecule has 27 heavy (non-hydrogen) atoms. The number of rotatable bonds is 5. The number of nitrogens with zero attached hydrogens (tertiary/aromatic N) is 1. The Bertz CT molecular complexity index is 991. The SMILES string of the molecule is Cn1ccc(C(=O)Nc2ccc(NC(=O)NCc3ccco3)cc2)cc1=O. The summed E-state index contributed by atoms with van der Waals surface area (Å²) in [6.07, 6.45) is 3.07. The second kappa shape index (κ2) is 8.05. The highest BCUT2D eigenvalue weighted by atomic mass is 16.3. The lowest BCUT2D eigenvalue weighted by atomic mass is 10.2. The van der Waals surface area contributed by atoms with E-state index in [0.717, 1.165) is 0 Å². The standard InChI is InChI=1S/C19H18N4O4/c1-23-9-8-13(11-17(23)24)18(25)21-14-4-6-15(7-5-14)22-19(26)20-12-16-3-2-10-27-16/h2-11H,12H2,1H3,(H,21,25)(H2,20,22,26). The maximum Gasteiger partial charge on any atom is 0.319 e. The molecule has 138 valence electrons. The highest BCUT2D eigenvalue weighted by Crippen LogP contribution is 2.14. The van der Waals surface area contributed by atoms with Gasteiger partial charge in [-0.2, -0.15) is 0 Å². The van der Waals surface area contributed by atoms with E-state index in [4.69, 9.17) is 4.42 Å². The first-order valence-corrected chi connectivity index (χ1v) is 8.16. The minimum Gasteiger partial charge on any atom is -0.467 e. The van der Waals surface area contributed by atoms with E-state index in [-0.39, 0.29) is 29.6 Å². The van der Waals surface area contributed by atoms with Gasteiger partial charge in [-0.1, -0.05) is 0 Å². The summed E-state index contributed by atoms with van der Waals surface area (Å²) in [7, 11) is 1.61. The zero-order valence-corrected chi connectivity index (χ0v) is 14.6. The lowest BCUT2D eigenvalue weighted by Crippen LogP contribution is -2.27. The molecule has 0 saturated carbocycles. The van der Waals surface area contributed by atoms with Crippen molar-refractivity contribution in [3.05, 3.63) is 82.7 Å². The Morgan fingerprint density at radius 2 is 1.74 bits per heavy atom. The highest BCUT2D eigenvalue weighted by Gasteiger charge is 2.08. The van der Waals surface area contributed by atoms with Crippen molar-refractivity contribution in [3.63, 3.8) is 0 Å². The average molecular weight is 366 g/mol. The first-order chi connectivity index (χ1) is 13.0. The van der Waals surface area contributed by atoms with Crippen molar-refractivity contribution in [3.8, 4) is 0 Å². The molecule has 1 aromatic carbocycles. The predicted molar refractivity (Wildman–Crippen MR) is 101 cm³/mol. The molecule has 2 heterocycles. The maximum absolute atomic E-state index is 12.2. The van der Waals surface area contributed by atoms with E-state index >= 15 is 0 Å². The quantitative estimate of drug-likeness (QED) is 0.645. The maximum atomic E-state index is 12.2. The fourth-order valence-corrected chi connectivity index (χ4v) is 2.29. The van der Waals surface area contributed by atoms with Crippen molar-refractivity contribution in [2.24, 2.45) is 7.05 Å². The molecule has 3 rings (SSSR count). The molecular weight excluding hydrogens is 348 g/mol. The first kappa shape index (κ1) is 18.0. The molecule has 0 aliphatic rings. The van der Waals surface area contributed by atoms with Crippen molar-refractivity contribution < 1.29 is 14.0 Å². The Hall–Kier alpha value is -3.81. The molecule has 0 aliphatic heterocycles. The van der Waals surface area contributed by atoms with Gasteiger partial charge in [-0.3, -0.25) is 9.59 Å². The predicted octanol–water partition coefficient (Wildman–Crippen LogP) is 2.55. The van der Waals surface area contributed by atoms with E-state index in [2.05, 4.69) is 16.0 Å². The van der Waals surface area contributed by atoms with Gasteiger partial charge in [0.05, 0.1) is 12.8 Å². The van der Waals surface area contributed by atoms with Gasteiger partial charge >= 0.3 is 6.03 Å². The summed E-state index contributed by atoms with van der Waals surface area (Å²) in [5, 5.41) is 8.05. The van der Waals surface area contributed by atoms with Gasteiger partial charge in [-0.15, -0.1) is 0 Å². The number of benzene rings is 1. The van der Waals surface area contributed by atoms with Crippen LogP contribution in [0.3, 0.4) is 0 Å². The van der Waals surface area contributed by atoms with Crippen LogP contribution in [0.5, 0.6) is 0 Å². The summed E-state index contributed by atoms with van der Waals surface area (Å²) in [4.78, 5) is 35.6. The average Bonchev–Trinajstić information content (AvgIpc) is 3.17. The van der Waals surface area contributed by atoms with E-state index < -0.39 is 0 Å². The summed E-state index contributed by atoms with van der Waals surface area (Å²) in [6, 6.07) is 12.6. The number of aryl methyl sites for hydroxylation is 1. The third kappa shape index (κ3) is 4.85. The topological polar surface area (TPSA) is 105 Å². The Labute approximate surface area is 154 Å². The largest absolute Gasteiger partial charge is 0.467 e. The molecule has 0 fully saturated rings. The number of carbonyl (C=O) groups is 2. The molecule has 0 atom stereocenters. The van der Waals surface area contributed by atoms with E-state index in [1.54, 1.807) is 49.5 Å². The number of urea groups is 1. The van der Waals surface area contributed by atoms with Crippen LogP contribution in [0.15, 0.2) is 70.2 Å². The molecule has 3 aromatic rings. The number of pyridine rings is 1. The minimum absolute atomic E-state index is 0.261. The lowest BCUT2D eigenvalue weighted by Gasteiger charge is -2.09. The van der Waals surface area contributed by atoms with Gasteiger partial charge in [-0.25, -0.2) is 4.79 Å². The first-order valence-electron chi connectivity index (χ1n) is 8.16. The van der Waals surface area contributed by atoms with Crippen molar-refractivity contribution >= 4 is 23.3 Å². The summed E-state index contributed by atoms with van der Waals surface area (Å²) in [5.74, 6) is 0.267. The molecule has 0 spiro atoms. The van der Waals surface area contributed by atoms with Gasteiger partial charge in [0.1, 0.15) is 5.76 Å². The van der Waals surface area contributed by atoms with Crippen LogP contribution in [0.25, 0.3) is 0 Å². The number of hydrogen-bond donors (Lipinski definition) is 3. The van der Waals surface area contributed by atoms with Crippen molar-refractivity contribution in [1.29, 1.82) is 0 Å². The minimum atomic E-state index is -0.385. The smallest absolute Gasteiger partial charge is 0.319 e. The molecular formula is C19H18N4O4. The fourth-order valence-electron chi connectivity index (χ4n) is 2.29. The zero-order chi connectivity index (χ0) is 19.2. The zero-order valence-electron chi connectivity index (χ0n) is 14.6. The molecule has 2 aromatic heterocycles. The number of carbonyl (C=O) groups excluding carboxylic acids is 2. The van der Waals surface area contributed by atoms with Gasteiger partial charge in [-0.05, 0) is 42.5 Å². The molecule has 0 aliphatic carbocycles. The van der Waals surface area contributed by atoms with E-state index in [1.165, 1.54) is 23.1 Å². The normalized spacial score (nSPS) is 10.3. The number of nitrogens with one attached hydrogen (secondary N) is 3. The Kier molecular flexibility index (Phi) is 5.36. The molecule has 8 heteroatoms. The number of amides is 3. The third-order valence-electron chi connectivity index (χ3n) is 3.77. The van der Waals surface area contributed by atoms with Crippen LogP contribution in [0.2, 0.25) is 0 Å². The van der Waals surface area contributed by atoms with Gasteiger partial charge in [0.2, 0.25) is 0 Å². The second-order valence-electron chi connectivity index (χ2n) is 5.78. The molecule has 3 N–H and O–H groups in total. The van der Waals surface area contributed by atoms with Crippen LogP contribution in [-0.2, 0) is 13.6 Å². The molecule has 0 saturated heterocycles. The van der Waals surface area contributed by atoms with Gasteiger partial charge in [0, 0.05) is 36.2 Å². The third-order valence-corrected chi connectivity index (χ3v) is 3.77. The van der Waals surface area contributed by atoms with Crippen molar-refractivity contribution in [2.75, 3.05) is 10.6 Å². The Morgan fingerprint density at radius 1 is 1.04 bits per heavy atom. The molecule has 0 unspecified atom stereocenters. The van der Waals surface area contributed by atoms with Gasteiger partial charge in [0.15, 0.2) is 0 Å².